The van der Waals surface area contributed by atoms with E-state index in [0.29, 0.717) is 12.1 Å². The number of aryl methyl sites for hydroxylation is 1. The van der Waals surface area contributed by atoms with Crippen LogP contribution >= 0.6 is 34.8 Å². The van der Waals surface area contributed by atoms with Gasteiger partial charge in [-0.05, 0) is 49.1 Å². The Labute approximate surface area is 217 Å². The maximum Gasteiger partial charge on any atom is 0.254 e. The Kier molecular flexibility index (Phi) is 7.44. The smallest absolute Gasteiger partial charge is 0.254 e. The molecule has 1 amide bonds. The van der Waals surface area contributed by atoms with Crippen molar-refractivity contribution in [2.45, 2.75) is 56.7 Å². The van der Waals surface area contributed by atoms with Crippen LogP contribution in [0.15, 0.2) is 48.8 Å². The van der Waals surface area contributed by atoms with Gasteiger partial charge in [-0.3, -0.25) is 9.48 Å². The molecule has 10 heteroatoms. The Bertz CT molecular complexity index is 1220. The summed E-state index contributed by atoms with van der Waals surface area (Å²) in [6, 6.07) is 9.02. The van der Waals surface area contributed by atoms with Crippen LogP contribution in [0.4, 0.5) is 8.78 Å². The first-order valence-corrected chi connectivity index (χ1v) is 12.3. The zero-order chi connectivity index (χ0) is 25.4. The molecule has 1 fully saturated rings. The van der Waals surface area contributed by atoms with Gasteiger partial charge in [0, 0.05) is 36.2 Å². The maximum atomic E-state index is 14.0. The first kappa shape index (κ1) is 25.9. The van der Waals surface area contributed by atoms with Crippen LogP contribution in [0.3, 0.4) is 0 Å². The number of benzene rings is 2. The fourth-order valence-electron chi connectivity index (χ4n) is 4.41. The first-order chi connectivity index (χ1) is 16.5. The molecule has 0 radical (unpaired) electrons. The minimum absolute atomic E-state index is 0.00662. The van der Waals surface area contributed by atoms with Gasteiger partial charge in [-0.1, -0.05) is 53.0 Å². The van der Waals surface area contributed by atoms with E-state index in [-0.39, 0.29) is 33.5 Å². The Hall–Kier alpha value is -2.19. The number of nitrogens with one attached hydrogen (secondary N) is 1. The number of hydrogen-bond donors (Lipinski definition) is 2. The van der Waals surface area contributed by atoms with Gasteiger partial charge in [-0.25, -0.2) is 8.78 Å². The Morgan fingerprint density at radius 1 is 1.11 bits per heavy atom. The normalized spacial score (nSPS) is 17.7. The van der Waals surface area contributed by atoms with Crippen LogP contribution < -0.4 is 5.32 Å². The molecule has 1 unspecified atom stereocenters. The third-order valence-electron chi connectivity index (χ3n) is 6.40. The highest BCUT2D eigenvalue weighted by Crippen LogP contribution is 2.45. The Balaban J connectivity index is 1.73. The van der Waals surface area contributed by atoms with Crippen molar-refractivity contribution in [3.63, 3.8) is 0 Å². The van der Waals surface area contributed by atoms with Gasteiger partial charge in [-0.15, -0.1) is 0 Å². The number of amides is 1. The highest BCUT2D eigenvalue weighted by atomic mass is 35.5. The van der Waals surface area contributed by atoms with Gasteiger partial charge in [0.1, 0.15) is 0 Å². The first-order valence-electron chi connectivity index (χ1n) is 11.2. The van der Waals surface area contributed by atoms with Gasteiger partial charge in [-0.2, -0.15) is 5.10 Å². The zero-order valence-corrected chi connectivity index (χ0v) is 21.1. The molecule has 1 aliphatic carbocycles. The summed E-state index contributed by atoms with van der Waals surface area (Å²) in [5.74, 6) is -3.50. The van der Waals surface area contributed by atoms with Crippen LogP contribution in [0, 0.1) is 0 Å². The van der Waals surface area contributed by atoms with Crippen molar-refractivity contribution in [1.82, 2.24) is 15.1 Å². The van der Waals surface area contributed by atoms with E-state index in [1.165, 1.54) is 12.1 Å². The van der Waals surface area contributed by atoms with Crippen molar-refractivity contribution in [2.24, 2.45) is 0 Å². The second-order valence-electron chi connectivity index (χ2n) is 8.82. The van der Waals surface area contributed by atoms with E-state index in [1.807, 2.05) is 25.3 Å². The molecule has 4 rings (SSSR count). The van der Waals surface area contributed by atoms with Crippen molar-refractivity contribution in [3.8, 4) is 11.1 Å². The van der Waals surface area contributed by atoms with E-state index in [9.17, 15) is 18.7 Å². The molecule has 2 N–H and O–H groups in total. The largest absolute Gasteiger partial charge is 0.387 e. The predicted octanol–water partition coefficient (Wildman–Crippen LogP) is 6.94. The average Bonchev–Trinajstić information content (AvgIpc) is 3.29. The lowest BCUT2D eigenvalue weighted by atomic mass is 9.75. The van der Waals surface area contributed by atoms with Crippen molar-refractivity contribution in [1.29, 1.82) is 0 Å². The number of nitrogens with zero attached hydrogens (tertiary/aromatic N) is 2. The third kappa shape index (κ3) is 5.64. The number of hydrogen-bond acceptors (Lipinski definition) is 3. The van der Waals surface area contributed by atoms with Crippen LogP contribution in [0.2, 0.25) is 15.1 Å². The highest BCUT2D eigenvalue weighted by molar-refractivity contribution is 6.42. The van der Waals surface area contributed by atoms with Crippen molar-refractivity contribution < 1.29 is 18.7 Å². The molecule has 1 saturated carbocycles. The number of carbonyl (C=O) groups is 1. The molecule has 0 spiro atoms. The zero-order valence-electron chi connectivity index (χ0n) is 18.9. The van der Waals surface area contributed by atoms with Gasteiger partial charge in [0.25, 0.3) is 5.91 Å². The Morgan fingerprint density at radius 2 is 1.77 bits per heavy atom. The third-order valence-corrected chi connectivity index (χ3v) is 7.22. The van der Waals surface area contributed by atoms with Gasteiger partial charge >= 0.3 is 0 Å². The van der Waals surface area contributed by atoms with Crippen LogP contribution in [0.1, 0.15) is 54.6 Å². The topological polar surface area (TPSA) is 67.2 Å². The lowest BCUT2D eigenvalue weighted by Crippen LogP contribution is -2.50. The summed E-state index contributed by atoms with van der Waals surface area (Å²) in [5.41, 5.74) is 0.620. The molecule has 2 aromatic carbocycles. The van der Waals surface area contributed by atoms with Crippen LogP contribution in [-0.2, 0) is 6.54 Å². The molecule has 1 atom stereocenters. The number of alkyl halides is 2. The van der Waals surface area contributed by atoms with Crippen molar-refractivity contribution >= 4 is 40.7 Å². The van der Waals surface area contributed by atoms with E-state index in [0.717, 1.165) is 11.1 Å². The molecule has 186 valence electrons. The van der Waals surface area contributed by atoms with Gasteiger partial charge in [0.15, 0.2) is 0 Å². The summed E-state index contributed by atoms with van der Waals surface area (Å²) in [7, 11) is 0. The molecule has 0 aliphatic heterocycles. The summed E-state index contributed by atoms with van der Waals surface area (Å²) >= 11 is 18.4. The molecular formula is C25H24Cl3F2N3O2. The van der Waals surface area contributed by atoms with E-state index in [1.54, 1.807) is 23.0 Å². The number of aliphatic hydroxyl groups is 1. The second kappa shape index (κ2) is 10.1. The summed E-state index contributed by atoms with van der Waals surface area (Å²) < 4.78 is 29.7. The van der Waals surface area contributed by atoms with E-state index in [2.05, 4.69) is 10.4 Å². The monoisotopic (exact) mass is 541 g/mol. The lowest BCUT2D eigenvalue weighted by molar-refractivity contribution is -0.116. The number of carbonyl (C=O) groups excluding carboxylic acids is 1. The molecule has 0 saturated heterocycles. The van der Waals surface area contributed by atoms with E-state index in [4.69, 9.17) is 34.8 Å². The summed E-state index contributed by atoms with van der Waals surface area (Å²) in [5, 5.41) is 19.0. The van der Waals surface area contributed by atoms with Crippen LogP contribution in [-0.4, -0.2) is 32.3 Å². The number of halogens is 5. The molecule has 1 aromatic heterocycles. The molecule has 1 aliphatic rings. The Morgan fingerprint density at radius 3 is 2.37 bits per heavy atom. The minimum Gasteiger partial charge on any atom is -0.387 e. The summed E-state index contributed by atoms with van der Waals surface area (Å²) in [4.78, 5) is 13.3. The SMILES string of the molecule is CCn1cc(-c2cccc(C(NC(=O)c3c(Cl)cc(Cl)cc3Cl)C3(O)CCC(F)(F)CC3)c2)cn1. The minimum atomic E-state index is -2.86. The maximum absolute atomic E-state index is 14.0. The molecule has 1 heterocycles. The second-order valence-corrected chi connectivity index (χ2v) is 10.1. The highest BCUT2D eigenvalue weighted by Gasteiger charge is 2.47. The summed E-state index contributed by atoms with van der Waals surface area (Å²) in [6.45, 7) is 2.68. The van der Waals surface area contributed by atoms with Gasteiger partial charge in [0.2, 0.25) is 5.92 Å². The lowest BCUT2D eigenvalue weighted by Gasteiger charge is -2.42. The van der Waals surface area contributed by atoms with Crippen LogP contribution in [0.25, 0.3) is 11.1 Å². The van der Waals surface area contributed by atoms with E-state index < -0.39 is 36.3 Å². The fraction of sp³-hybridized carbons (Fsp3) is 0.360. The molecule has 35 heavy (non-hydrogen) atoms. The number of rotatable bonds is 6. The van der Waals surface area contributed by atoms with Crippen LogP contribution in [0.5, 0.6) is 0 Å². The van der Waals surface area contributed by atoms with E-state index >= 15 is 0 Å². The molecular weight excluding hydrogens is 519 g/mol. The van der Waals surface area contributed by atoms with Gasteiger partial charge < -0.3 is 10.4 Å². The standard InChI is InChI=1S/C25H24Cl3F2N3O2/c1-2-33-14-17(13-31-33)15-4-3-5-16(10-15)22(24(35)6-8-25(29,30)9-7-24)32-23(34)21-19(27)11-18(26)12-20(21)28/h3-5,10-14,22,35H,2,6-9H2,1H3,(H,32,34). The average molecular weight is 543 g/mol. The quantitative estimate of drug-likeness (QED) is 0.354. The molecule has 5 nitrogen and oxygen atoms in total. The number of aromatic nitrogens is 2. The summed E-state index contributed by atoms with van der Waals surface area (Å²) in [6.07, 6.45) is 2.26. The molecule has 0 bridgehead atoms. The fourth-order valence-corrected chi connectivity index (χ4v) is 5.40. The predicted molar refractivity (Wildman–Crippen MR) is 133 cm³/mol. The van der Waals surface area contributed by atoms with Gasteiger partial charge in [0.05, 0.1) is 33.4 Å². The van der Waals surface area contributed by atoms with Crippen molar-refractivity contribution in [3.05, 3.63) is 75.0 Å². The van der Waals surface area contributed by atoms with Crippen molar-refractivity contribution in [2.75, 3.05) is 0 Å². The molecule has 3 aromatic rings.